The minimum absolute atomic E-state index is 0.0719. The Bertz CT molecular complexity index is 773. The van der Waals surface area contributed by atoms with Crippen LogP contribution in [0.1, 0.15) is 45.6 Å². The lowest BCUT2D eigenvalue weighted by atomic mass is 9.83. The highest BCUT2D eigenvalue weighted by atomic mass is 19.1. The molecule has 7 heteroatoms. The van der Waals surface area contributed by atoms with E-state index in [0.29, 0.717) is 5.70 Å². The number of nitrogens with zero attached hydrogens (tertiary/aromatic N) is 1. The molecule has 2 amide bonds. The van der Waals surface area contributed by atoms with Crippen LogP contribution in [-0.2, 0) is 19.1 Å². The molecule has 6 nitrogen and oxygen atoms in total. The van der Waals surface area contributed by atoms with E-state index in [-0.39, 0.29) is 48.6 Å². The van der Waals surface area contributed by atoms with Crippen LogP contribution < -0.4 is 5.32 Å². The molecule has 0 aliphatic carbocycles. The van der Waals surface area contributed by atoms with Crippen LogP contribution in [0.15, 0.2) is 35.5 Å². The van der Waals surface area contributed by atoms with Gasteiger partial charge in [0.25, 0.3) is 0 Å². The molecule has 0 spiro atoms. The second-order valence-corrected chi connectivity index (χ2v) is 6.70. The molecule has 2 rings (SSSR count). The predicted octanol–water partition coefficient (Wildman–Crippen LogP) is 2.50. The van der Waals surface area contributed by atoms with E-state index in [0.717, 1.165) is 0 Å². The number of halogens is 1. The van der Waals surface area contributed by atoms with Gasteiger partial charge in [-0.2, -0.15) is 0 Å². The predicted molar refractivity (Wildman–Crippen MR) is 98.1 cm³/mol. The average molecular weight is 376 g/mol. The molecule has 1 aliphatic heterocycles. The fraction of sp³-hybridized carbons (Fsp3) is 0.450. The molecule has 1 aromatic rings. The number of amides is 2. The summed E-state index contributed by atoms with van der Waals surface area (Å²) in [6.45, 7) is 6.85. The summed E-state index contributed by atoms with van der Waals surface area (Å²) in [5.74, 6) is -2.51. The lowest BCUT2D eigenvalue weighted by molar-refractivity contribution is -0.141. The van der Waals surface area contributed by atoms with Crippen molar-refractivity contribution in [3.05, 3.63) is 46.9 Å². The summed E-state index contributed by atoms with van der Waals surface area (Å²) in [7, 11) is 0. The third kappa shape index (κ3) is 4.72. The van der Waals surface area contributed by atoms with Gasteiger partial charge < -0.3 is 15.0 Å². The molecule has 0 fully saturated rings. The summed E-state index contributed by atoms with van der Waals surface area (Å²) in [5.41, 5.74) is 0.787. The highest BCUT2D eigenvalue weighted by Crippen LogP contribution is 2.37. The van der Waals surface area contributed by atoms with Crippen molar-refractivity contribution < 1.29 is 23.5 Å². The molecule has 27 heavy (non-hydrogen) atoms. The molecule has 0 saturated carbocycles. The summed E-state index contributed by atoms with van der Waals surface area (Å²) in [5, 5.41) is 2.72. The Labute approximate surface area is 158 Å². The summed E-state index contributed by atoms with van der Waals surface area (Å²) >= 11 is 0. The Kier molecular flexibility index (Phi) is 6.71. The van der Waals surface area contributed by atoms with E-state index in [1.54, 1.807) is 32.0 Å². The van der Waals surface area contributed by atoms with Crippen molar-refractivity contribution in [3.8, 4) is 0 Å². The molecule has 1 aliphatic rings. The Morgan fingerprint density at radius 2 is 2.00 bits per heavy atom. The Hall–Kier alpha value is -2.70. The molecule has 1 aromatic carbocycles. The number of benzene rings is 1. The zero-order valence-corrected chi connectivity index (χ0v) is 16.0. The molecule has 1 atom stereocenters. The number of carbonyl (C=O) groups is 3. The molecule has 1 N–H and O–H groups in total. The van der Waals surface area contributed by atoms with Gasteiger partial charge in [0, 0.05) is 24.1 Å². The quantitative estimate of drug-likeness (QED) is 0.774. The van der Waals surface area contributed by atoms with Gasteiger partial charge in [0.15, 0.2) is 0 Å². The van der Waals surface area contributed by atoms with E-state index in [2.05, 4.69) is 5.32 Å². The van der Waals surface area contributed by atoms with Crippen LogP contribution in [0.4, 0.5) is 4.39 Å². The third-order valence-electron chi connectivity index (χ3n) is 4.35. The highest BCUT2D eigenvalue weighted by Gasteiger charge is 2.38. The molecular formula is C20H25FN2O4. The van der Waals surface area contributed by atoms with Gasteiger partial charge in [-0.25, -0.2) is 9.18 Å². The van der Waals surface area contributed by atoms with E-state index < -0.39 is 17.7 Å². The van der Waals surface area contributed by atoms with Gasteiger partial charge in [-0.1, -0.05) is 18.2 Å². The number of nitrogens with one attached hydrogen (secondary N) is 1. The normalized spacial score (nSPS) is 17.3. The van der Waals surface area contributed by atoms with Crippen molar-refractivity contribution in [1.29, 1.82) is 0 Å². The largest absolute Gasteiger partial charge is 0.463 e. The van der Waals surface area contributed by atoms with Gasteiger partial charge in [-0.3, -0.25) is 9.59 Å². The maximum Gasteiger partial charge on any atom is 0.336 e. The van der Waals surface area contributed by atoms with Crippen LogP contribution >= 0.6 is 0 Å². The number of hydrogen-bond donors (Lipinski definition) is 1. The molecular weight excluding hydrogens is 351 g/mol. The van der Waals surface area contributed by atoms with Crippen molar-refractivity contribution in [2.45, 2.75) is 46.1 Å². The van der Waals surface area contributed by atoms with Crippen LogP contribution in [0.2, 0.25) is 0 Å². The SMILES string of the molecule is CCOC(=O)C1=C(C)N(CC(=O)NC(C)C)C(=O)CC1c1ccccc1F. The number of carbonyl (C=O) groups excluding carboxylic acids is 3. The summed E-state index contributed by atoms with van der Waals surface area (Å²) in [6, 6.07) is 5.98. The first-order valence-electron chi connectivity index (χ1n) is 8.98. The molecule has 1 unspecified atom stereocenters. The average Bonchev–Trinajstić information content (AvgIpc) is 2.58. The van der Waals surface area contributed by atoms with Gasteiger partial charge in [-0.05, 0) is 39.3 Å². The van der Waals surface area contributed by atoms with Crippen molar-refractivity contribution in [1.82, 2.24) is 10.2 Å². The topological polar surface area (TPSA) is 75.7 Å². The van der Waals surface area contributed by atoms with Gasteiger partial charge >= 0.3 is 5.97 Å². The molecule has 1 heterocycles. The number of rotatable bonds is 6. The van der Waals surface area contributed by atoms with E-state index in [1.165, 1.54) is 11.0 Å². The van der Waals surface area contributed by atoms with E-state index in [9.17, 15) is 18.8 Å². The number of ether oxygens (including phenoxy) is 1. The monoisotopic (exact) mass is 376 g/mol. The van der Waals surface area contributed by atoms with Gasteiger partial charge in [0.05, 0.1) is 12.2 Å². The van der Waals surface area contributed by atoms with Gasteiger partial charge in [-0.15, -0.1) is 0 Å². The number of hydrogen-bond acceptors (Lipinski definition) is 4. The van der Waals surface area contributed by atoms with Crippen molar-refractivity contribution >= 4 is 17.8 Å². The first-order valence-corrected chi connectivity index (χ1v) is 8.98. The number of esters is 1. The summed E-state index contributed by atoms with van der Waals surface area (Å²) in [6.07, 6.45) is -0.110. The lowest BCUT2D eigenvalue weighted by Gasteiger charge is -2.34. The van der Waals surface area contributed by atoms with E-state index >= 15 is 0 Å². The molecule has 146 valence electrons. The van der Waals surface area contributed by atoms with Crippen LogP contribution in [0, 0.1) is 5.82 Å². The fourth-order valence-corrected chi connectivity index (χ4v) is 3.21. The minimum Gasteiger partial charge on any atom is -0.463 e. The first-order chi connectivity index (χ1) is 12.8. The second-order valence-electron chi connectivity index (χ2n) is 6.70. The summed E-state index contributed by atoms with van der Waals surface area (Å²) in [4.78, 5) is 38.6. The zero-order chi connectivity index (χ0) is 20.1. The lowest BCUT2D eigenvalue weighted by Crippen LogP contribution is -2.45. The highest BCUT2D eigenvalue weighted by molar-refractivity contribution is 5.97. The molecule has 0 aromatic heterocycles. The Morgan fingerprint density at radius 3 is 2.59 bits per heavy atom. The van der Waals surface area contributed by atoms with Crippen LogP contribution in [-0.4, -0.2) is 41.9 Å². The Balaban J connectivity index is 2.46. The number of allylic oxidation sites excluding steroid dienone is 1. The van der Waals surface area contributed by atoms with Gasteiger partial charge in [0.2, 0.25) is 11.8 Å². The van der Waals surface area contributed by atoms with E-state index in [1.807, 2.05) is 13.8 Å². The molecule has 0 radical (unpaired) electrons. The maximum atomic E-state index is 14.3. The fourth-order valence-electron chi connectivity index (χ4n) is 3.21. The summed E-state index contributed by atoms with van der Waals surface area (Å²) < 4.78 is 19.5. The second kappa shape index (κ2) is 8.79. The zero-order valence-electron chi connectivity index (χ0n) is 16.0. The molecule has 0 bridgehead atoms. The van der Waals surface area contributed by atoms with Crippen LogP contribution in [0.3, 0.4) is 0 Å². The van der Waals surface area contributed by atoms with Crippen LogP contribution in [0.5, 0.6) is 0 Å². The third-order valence-corrected chi connectivity index (χ3v) is 4.35. The molecule has 0 saturated heterocycles. The van der Waals surface area contributed by atoms with Crippen molar-refractivity contribution in [3.63, 3.8) is 0 Å². The van der Waals surface area contributed by atoms with Crippen LogP contribution in [0.25, 0.3) is 0 Å². The first kappa shape index (κ1) is 20.6. The van der Waals surface area contributed by atoms with Crippen molar-refractivity contribution in [2.24, 2.45) is 0 Å². The standard InChI is InChI=1S/C20H25FN2O4/c1-5-27-20(26)19-13(4)23(11-17(24)22-12(2)3)18(25)10-15(19)14-8-6-7-9-16(14)21/h6-9,12,15H,5,10-11H2,1-4H3,(H,22,24). The van der Waals surface area contributed by atoms with Crippen molar-refractivity contribution in [2.75, 3.05) is 13.2 Å². The van der Waals surface area contributed by atoms with Gasteiger partial charge in [0.1, 0.15) is 12.4 Å². The maximum absolute atomic E-state index is 14.3. The minimum atomic E-state index is -0.748. The smallest absolute Gasteiger partial charge is 0.336 e. The van der Waals surface area contributed by atoms with E-state index in [4.69, 9.17) is 4.74 Å². The Morgan fingerprint density at radius 1 is 1.33 bits per heavy atom.